The standard InChI is InChI=1S/C19H27FO4/c1-3-19(20)12-23-18(24-13-19)15-7-10-17(22-11-15)14-5-8-16(9-6-14)21-4-2/h5-6,8-9,15,17-18H,3-4,7,10-13H2,1-2H3. The fourth-order valence-electron chi connectivity index (χ4n) is 3.22. The average molecular weight is 338 g/mol. The second-order valence-electron chi connectivity index (χ2n) is 6.66. The molecule has 0 aliphatic carbocycles. The third-order valence-corrected chi connectivity index (χ3v) is 4.91. The van der Waals surface area contributed by atoms with Crippen molar-refractivity contribution in [2.45, 2.75) is 51.2 Å². The molecule has 24 heavy (non-hydrogen) atoms. The Morgan fingerprint density at radius 3 is 2.33 bits per heavy atom. The fraction of sp³-hybridized carbons (Fsp3) is 0.684. The molecule has 0 bridgehead atoms. The molecule has 4 nitrogen and oxygen atoms in total. The molecule has 2 aliphatic rings. The Bertz CT molecular complexity index is 503. The molecule has 0 amide bonds. The molecule has 2 heterocycles. The van der Waals surface area contributed by atoms with Crippen molar-refractivity contribution in [1.29, 1.82) is 0 Å². The molecule has 1 aromatic carbocycles. The Hall–Kier alpha value is -1.17. The zero-order valence-corrected chi connectivity index (χ0v) is 14.5. The lowest BCUT2D eigenvalue weighted by molar-refractivity contribution is -0.265. The maximum Gasteiger partial charge on any atom is 0.162 e. The van der Waals surface area contributed by atoms with Crippen molar-refractivity contribution in [3.63, 3.8) is 0 Å². The van der Waals surface area contributed by atoms with E-state index in [2.05, 4.69) is 12.1 Å². The van der Waals surface area contributed by atoms with Crippen LogP contribution in [0.25, 0.3) is 0 Å². The van der Waals surface area contributed by atoms with Gasteiger partial charge in [0.25, 0.3) is 0 Å². The van der Waals surface area contributed by atoms with E-state index in [0.717, 1.165) is 24.2 Å². The zero-order valence-electron chi connectivity index (χ0n) is 14.5. The summed E-state index contributed by atoms with van der Waals surface area (Å²) < 4.78 is 36.8. The molecule has 0 spiro atoms. The molecule has 2 unspecified atom stereocenters. The van der Waals surface area contributed by atoms with Gasteiger partial charge in [-0.15, -0.1) is 0 Å². The van der Waals surface area contributed by atoms with E-state index < -0.39 is 5.67 Å². The van der Waals surface area contributed by atoms with Gasteiger partial charge < -0.3 is 18.9 Å². The van der Waals surface area contributed by atoms with Crippen LogP contribution in [-0.2, 0) is 14.2 Å². The van der Waals surface area contributed by atoms with Crippen LogP contribution in [0.4, 0.5) is 4.39 Å². The third kappa shape index (κ3) is 4.08. The quantitative estimate of drug-likeness (QED) is 0.812. The summed E-state index contributed by atoms with van der Waals surface area (Å²) in [5, 5.41) is 0. The first-order valence-corrected chi connectivity index (χ1v) is 8.90. The van der Waals surface area contributed by atoms with Gasteiger partial charge in [-0.3, -0.25) is 0 Å². The van der Waals surface area contributed by atoms with Gasteiger partial charge in [0, 0.05) is 5.92 Å². The van der Waals surface area contributed by atoms with Crippen LogP contribution in [0.3, 0.4) is 0 Å². The van der Waals surface area contributed by atoms with Gasteiger partial charge >= 0.3 is 0 Å². The molecule has 1 aromatic rings. The molecule has 2 atom stereocenters. The lowest BCUT2D eigenvalue weighted by Crippen LogP contribution is -2.47. The molecule has 3 rings (SSSR count). The molecule has 0 N–H and O–H groups in total. The number of ether oxygens (including phenoxy) is 4. The van der Waals surface area contributed by atoms with Crippen molar-refractivity contribution >= 4 is 0 Å². The second-order valence-corrected chi connectivity index (χ2v) is 6.66. The molecule has 2 fully saturated rings. The highest BCUT2D eigenvalue weighted by Gasteiger charge is 2.39. The SMILES string of the molecule is CCOc1ccc(C2CCC(C3OCC(F)(CC)CO3)CO2)cc1. The van der Waals surface area contributed by atoms with E-state index in [-0.39, 0.29) is 31.5 Å². The van der Waals surface area contributed by atoms with Crippen molar-refractivity contribution in [1.82, 2.24) is 0 Å². The highest BCUT2D eigenvalue weighted by molar-refractivity contribution is 5.28. The topological polar surface area (TPSA) is 36.9 Å². The summed E-state index contributed by atoms with van der Waals surface area (Å²) in [6.45, 7) is 5.27. The van der Waals surface area contributed by atoms with E-state index >= 15 is 0 Å². The molecular weight excluding hydrogens is 311 g/mol. The monoisotopic (exact) mass is 338 g/mol. The Kier molecular flexibility index (Phi) is 5.74. The van der Waals surface area contributed by atoms with Crippen LogP contribution in [0.5, 0.6) is 5.75 Å². The number of alkyl halides is 1. The number of halogens is 1. The number of hydrogen-bond acceptors (Lipinski definition) is 4. The molecule has 134 valence electrons. The number of benzene rings is 1. The minimum atomic E-state index is -1.34. The number of rotatable bonds is 5. The minimum Gasteiger partial charge on any atom is -0.494 e. The van der Waals surface area contributed by atoms with Crippen LogP contribution in [-0.4, -0.2) is 38.4 Å². The Morgan fingerprint density at radius 2 is 1.79 bits per heavy atom. The first-order valence-electron chi connectivity index (χ1n) is 8.90. The van der Waals surface area contributed by atoms with Crippen molar-refractivity contribution in [2.24, 2.45) is 5.92 Å². The largest absolute Gasteiger partial charge is 0.494 e. The van der Waals surface area contributed by atoms with E-state index in [1.54, 1.807) is 0 Å². The predicted octanol–water partition coefficient (Wildman–Crippen LogP) is 4.04. The summed E-state index contributed by atoms with van der Waals surface area (Å²) in [6.07, 6.45) is 2.03. The normalized spacial score (nSPS) is 34.0. The molecule has 0 radical (unpaired) electrons. The summed E-state index contributed by atoms with van der Waals surface area (Å²) in [7, 11) is 0. The lowest BCUT2D eigenvalue weighted by atomic mass is 9.93. The molecule has 0 aromatic heterocycles. The molecule has 2 aliphatic heterocycles. The molecule has 0 saturated carbocycles. The summed E-state index contributed by atoms with van der Waals surface area (Å²) >= 11 is 0. The van der Waals surface area contributed by atoms with Crippen LogP contribution in [0.1, 0.15) is 44.8 Å². The minimum absolute atomic E-state index is 0.0939. The average Bonchev–Trinajstić information content (AvgIpc) is 2.64. The highest BCUT2D eigenvalue weighted by atomic mass is 19.1. The van der Waals surface area contributed by atoms with Crippen molar-refractivity contribution in [2.75, 3.05) is 26.4 Å². The van der Waals surface area contributed by atoms with Gasteiger partial charge in [0.05, 0.1) is 32.5 Å². The van der Waals surface area contributed by atoms with E-state index in [0.29, 0.717) is 19.6 Å². The van der Waals surface area contributed by atoms with Gasteiger partial charge in [-0.25, -0.2) is 4.39 Å². The fourth-order valence-corrected chi connectivity index (χ4v) is 3.22. The first-order chi connectivity index (χ1) is 11.6. The van der Waals surface area contributed by atoms with Gasteiger partial charge in [0.1, 0.15) is 5.75 Å². The van der Waals surface area contributed by atoms with Gasteiger partial charge in [-0.2, -0.15) is 0 Å². The maximum absolute atomic E-state index is 14.1. The van der Waals surface area contributed by atoms with Crippen molar-refractivity contribution in [3.05, 3.63) is 29.8 Å². The molecule has 2 saturated heterocycles. The van der Waals surface area contributed by atoms with Crippen LogP contribution < -0.4 is 4.74 Å². The lowest BCUT2D eigenvalue weighted by Gasteiger charge is -2.39. The van der Waals surface area contributed by atoms with E-state index in [9.17, 15) is 4.39 Å². The van der Waals surface area contributed by atoms with Gasteiger partial charge in [-0.1, -0.05) is 19.1 Å². The third-order valence-electron chi connectivity index (χ3n) is 4.91. The van der Waals surface area contributed by atoms with Crippen LogP contribution in [0, 0.1) is 5.92 Å². The summed E-state index contributed by atoms with van der Waals surface area (Å²) in [6, 6.07) is 8.07. The highest BCUT2D eigenvalue weighted by Crippen LogP contribution is 2.35. The van der Waals surface area contributed by atoms with Gasteiger partial charge in [0.15, 0.2) is 12.0 Å². The van der Waals surface area contributed by atoms with Crippen LogP contribution in [0.2, 0.25) is 0 Å². The maximum atomic E-state index is 14.1. The summed E-state index contributed by atoms with van der Waals surface area (Å²) in [5.74, 6) is 1.05. The second kappa shape index (κ2) is 7.81. The van der Waals surface area contributed by atoms with E-state index in [1.807, 2.05) is 26.0 Å². The van der Waals surface area contributed by atoms with Crippen molar-refractivity contribution in [3.8, 4) is 5.75 Å². The Balaban J connectivity index is 1.49. The number of hydrogen-bond donors (Lipinski definition) is 0. The van der Waals surface area contributed by atoms with Crippen LogP contribution in [0.15, 0.2) is 24.3 Å². The Morgan fingerprint density at radius 1 is 1.08 bits per heavy atom. The Labute approximate surface area is 143 Å². The molecular formula is C19H27FO4. The van der Waals surface area contributed by atoms with Gasteiger partial charge in [0.2, 0.25) is 0 Å². The summed E-state index contributed by atoms with van der Waals surface area (Å²) in [4.78, 5) is 0. The smallest absolute Gasteiger partial charge is 0.162 e. The van der Waals surface area contributed by atoms with Gasteiger partial charge in [-0.05, 0) is 43.9 Å². The van der Waals surface area contributed by atoms with E-state index in [4.69, 9.17) is 18.9 Å². The zero-order chi connectivity index (χ0) is 17.0. The van der Waals surface area contributed by atoms with E-state index in [1.165, 1.54) is 0 Å². The first kappa shape index (κ1) is 17.6. The van der Waals surface area contributed by atoms with Crippen molar-refractivity contribution < 1.29 is 23.3 Å². The molecule has 5 heteroatoms. The summed E-state index contributed by atoms with van der Waals surface area (Å²) in [5.41, 5.74) is -0.173. The van der Waals surface area contributed by atoms with Crippen LogP contribution >= 0.6 is 0 Å². The predicted molar refractivity (Wildman–Crippen MR) is 88.9 cm³/mol.